The molecule has 0 fully saturated rings. The third kappa shape index (κ3) is 57.0. The van der Waals surface area contributed by atoms with Gasteiger partial charge in [0, 0.05) is 12.8 Å². The van der Waals surface area contributed by atoms with Gasteiger partial charge in [-0.2, -0.15) is 0 Å². The van der Waals surface area contributed by atoms with Crippen LogP contribution >= 0.6 is 0 Å². The molecule has 0 aliphatic rings. The number of esters is 1. The van der Waals surface area contributed by atoms with Crippen LogP contribution in [0.5, 0.6) is 0 Å². The summed E-state index contributed by atoms with van der Waals surface area (Å²) in [6, 6.07) is -0.634. The Hall–Kier alpha value is -2.18. The second-order valence-electron chi connectivity index (χ2n) is 21.4. The maximum Gasteiger partial charge on any atom is 0.305 e. The first-order valence-corrected chi connectivity index (χ1v) is 31.4. The van der Waals surface area contributed by atoms with Gasteiger partial charge in [0.15, 0.2) is 0 Å². The molecule has 416 valence electrons. The van der Waals surface area contributed by atoms with E-state index in [2.05, 4.69) is 55.6 Å². The van der Waals surface area contributed by atoms with E-state index in [0.717, 1.165) is 57.8 Å². The molecule has 1 amide bonds. The van der Waals surface area contributed by atoms with E-state index in [0.29, 0.717) is 19.4 Å². The minimum absolute atomic E-state index is 0.00356. The van der Waals surface area contributed by atoms with Crippen molar-refractivity contribution >= 4 is 11.9 Å². The summed E-state index contributed by atoms with van der Waals surface area (Å²) < 4.78 is 5.49. The highest BCUT2D eigenvalue weighted by Gasteiger charge is 2.18. The molecule has 0 aliphatic carbocycles. The Labute approximate surface area is 442 Å². The monoisotopic (exact) mass is 996 g/mol. The minimum Gasteiger partial charge on any atom is -0.466 e. The van der Waals surface area contributed by atoms with E-state index in [1.807, 2.05) is 6.08 Å². The topological polar surface area (TPSA) is 95.9 Å². The maximum atomic E-state index is 12.5. The molecule has 0 aromatic heterocycles. The van der Waals surface area contributed by atoms with Crippen molar-refractivity contribution in [3.8, 4) is 0 Å². The number of unbranched alkanes of at least 4 members (excludes halogenated alkanes) is 41. The van der Waals surface area contributed by atoms with Gasteiger partial charge in [0.05, 0.1) is 25.4 Å². The van der Waals surface area contributed by atoms with Crippen LogP contribution in [0.25, 0.3) is 0 Å². The second kappa shape index (κ2) is 60.4. The molecule has 0 heterocycles. The van der Waals surface area contributed by atoms with Crippen LogP contribution in [0.2, 0.25) is 0 Å². The average Bonchev–Trinajstić information content (AvgIpc) is 3.37. The lowest BCUT2D eigenvalue weighted by molar-refractivity contribution is -0.143. The zero-order valence-corrected chi connectivity index (χ0v) is 47.5. The smallest absolute Gasteiger partial charge is 0.305 e. The van der Waals surface area contributed by atoms with Crippen LogP contribution in [-0.2, 0) is 14.3 Å². The van der Waals surface area contributed by atoms with Gasteiger partial charge in [-0.15, -0.1) is 0 Å². The van der Waals surface area contributed by atoms with Crippen LogP contribution in [0.15, 0.2) is 48.6 Å². The van der Waals surface area contributed by atoms with Gasteiger partial charge in [0.1, 0.15) is 0 Å². The zero-order chi connectivity index (χ0) is 51.4. The molecule has 2 unspecified atom stereocenters. The minimum atomic E-state index is -0.850. The molecule has 6 heteroatoms. The van der Waals surface area contributed by atoms with Crippen molar-refractivity contribution in [3.63, 3.8) is 0 Å². The molecule has 6 nitrogen and oxygen atoms in total. The Kier molecular flexibility index (Phi) is 58.5. The standard InChI is InChI=1S/C65H121NO5/c1-3-5-7-9-11-13-15-17-19-20-24-28-31-35-39-43-47-51-55-59-65(70)71-60-56-52-48-44-40-36-32-29-26-23-21-22-25-27-30-34-38-42-46-50-54-58-64(69)66-62(61-67)63(68)57-53-49-45-41-37-33-18-16-14-12-10-8-6-4-2/h11,13,17,19,22,25,53,57,62-63,67-68H,3-10,12,14-16,18,20-21,23-24,26-52,54-56,58-61H2,1-2H3,(H,66,69)/b13-11-,19-17-,25-22-,57-53+. The summed E-state index contributed by atoms with van der Waals surface area (Å²) in [5.41, 5.74) is 0. The van der Waals surface area contributed by atoms with Crippen LogP contribution < -0.4 is 5.32 Å². The molecule has 0 radical (unpaired) electrons. The molecule has 0 aromatic carbocycles. The van der Waals surface area contributed by atoms with E-state index in [9.17, 15) is 19.8 Å². The molecule has 71 heavy (non-hydrogen) atoms. The molecule has 0 saturated carbocycles. The SMILES string of the molecule is CCCCC/C=C\C/C=C\CCCCCCCCCCCC(=O)OCCCCCCCCCCCC/C=C\CCCCCCCCCC(=O)NC(CO)C(O)/C=C/CCCCCCCCCCCCCC. The molecular weight excluding hydrogens is 875 g/mol. The van der Waals surface area contributed by atoms with Crippen LogP contribution in [0, 0.1) is 0 Å². The molecule has 3 N–H and O–H groups in total. The highest BCUT2D eigenvalue weighted by atomic mass is 16.5. The van der Waals surface area contributed by atoms with Gasteiger partial charge in [-0.05, 0) is 89.9 Å². The van der Waals surface area contributed by atoms with Gasteiger partial charge in [-0.1, -0.05) is 274 Å². The van der Waals surface area contributed by atoms with E-state index >= 15 is 0 Å². The van der Waals surface area contributed by atoms with Crippen LogP contribution in [-0.4, -0.2) is 47.4 Å². The van der Waals surface area contributed by atoms with Gasteiger partial charge < -0.3 is 20.3 Å². The van der Waals surface area contributed by atoms with E-state index < -0.39 is 12.1 Å². The van der Waals surface area contributed by atoms with Crippen LogP contribution in [0.3, 0.4) is 0 Å². The molecule has 0 bridgehead atoms. The van der Waals surface area contributed by atoms with Gasteiger partial charge in [-0.25, -0.2) is 0 Å². The maximum absolute atomic E-state index is 12.5. The van der Waals surface area contributed by atoms with E-state index in [-0.39, 0.29) is 18.5 Å². The van der Waals surface area contributed by atoms with E-state index in [1.54, 1.807) is 6.08 Å². The van der Waals surface area contributed by atoms with Crippen molar-refractivity contribution in [3.05, 3.63) is 48.6 Å². The van der Waals surface area contributed by atoms with Gasteiger partial charge in [0.25, 0.3) is 0 Å². The number of ether oxygens (including phenoxy) is 1. The molecule has 0 rings (SSSR count). The molecule has 0 spiro atoms. The molecule has 0 aliphatic heterocycles. The fourth-order valence-electron chi connectivity index (χ4n) is 9.48. The Morgan fingerprint density at radius 1 is 0.394 bits per heavy atom. The number of amides is 1. The lowest BCUT2D eigenvalue weighted by Crippen LogP contribution is -2.45. The lowest BCUT2D eigenvalue weighted by Gasteiger charge is -2.20. The van der Waals surface area contributed by atoms with Gasteiger partial charge >= 0.3 is 5.97 Å². The van der Waals surface area contributed by atoms with Crippen molar-refractivity contribution in [2.45, 2.75) is 341 Å². The predicted octanol–water partition coefficient (Wildman–Crippen LogP) is 19.7. The lowest BCUT2D eigenvalue weighted by atomic mass is 10.0. The third-order valence-corrected chi connectivity index (χ3v) is 14.3. The molecule has 0 aromatic rings. The summed E-state index contributed by atoms with van der Waals surface area (Å²) in [4.78, 5) is 24.5. The number of rotatable bonds is 58. The first-order chi connectivity index (χ1) is 35.0. The molecule has 0 saturated heterocycles. The summed E-state index contributed by atoms with van der Waals surface area (Å²) in [5, 5.41) is 23.1. The van der Waals surface area contributed by atoms with Crippen molar-refractivity contribution in [1.29, 1.82) is 0 Å². The summed E-state index contributed by atoms with van der Waals surface area (Å²) >= 11 is 0. The van der Waals surface area contributed by atoms with Crippen LogP contribution in [0.4, 0.5) is 0 Å². The van der Waals surface area contributed by atoms with E-state index in [4.69, 9.17) is 4.74 Å². The number of aliphatic hydroxyl groups excluding tert-OH is 2. The summed E-state index contributed by atoms with van der Waals surface area (Å²) in [6.45, 7) is 4.88. The zero-order valence-electron chi connectivity index (χ0n) is 47.5. The average molecular weight is 997 g/mol. The van der Waals surface area contributed by atoms with Crippen molar-refractivity contribution in [1.82, 2.24) is 5.32 Å². The number of hydrogen-bond donors (Lipinski definition) is 3. The quantitative estimate of drug-likeness (QED) is 0.0321. The van der Waals surface area contributed by atoms with Crippen molar-refractivity contribution < 1.29 is 24.5 Å². The van der Waals surface area contributed by atoms with Gasteiger partial charge in [0.2, 0.25) is 5.91 Å². The number of allylic oxidation sites excluding steroid dienone is 7. The third-order valence-electron chi connectivity index (χ3n) is 14.3. The number of nitrogens with one attached hydrogen (secondary N) is 1. The highest BCUT2D eigenvalue weighted by molar-refractivity contribution is 5.76. The Balaban J connectivity index is 3.43. The van der Waals surface area contributed by atoms with E-state index in [1.165, 1.54) is 244 Å². The highest BCUT2D eigenvalue weighted by Crippen LogP contribution is 2.16. The first kappa shape index (κ1) is 68.8. The fourth-order valence-corrected chi connectivity index (χ4v) is 9.48. The predicted molar refractivity (Wildman–Crippen MR) is 310 cm³/mol. The largest absolute Gasteiger partial charge is 0.466 e. The summed E-state index contributed by atoms with van der Waals surface area (Å²) in [5.74, 6) is -0.0721. The second-order valence-corrected chi connectivity index (χ2v) is 21.4. The fraction of sp³-hybridized carbons (Fsp3) is 0.846. The number of hydrogen-bond acceptors (Lipinski definition) is 5. The number of aliphatic hydroxyl groups is 2. The Morgan fingerprint density at radius 2 is 0.704 bits per heavy atom. The Morgan fingerprint density at radius 3 is 1.11 bits per heavy atom. The Bertz CT molecular complexity index is 1190. The summed E-state index contributed by atoms with van der Waals surface area (Å²) in [6.07, 6.45) is 77.2. The van der Waals surface area contributed by atoms with Crippen LogP contribution in [0.1, 0.15) is 328 Å². The van der Waals surface area contributed by atoms with Gasteiger partial charge in [-0.3, -0.25) is 9.59 Å². The molecule has 2 atom stereocenters. The van der Waals surface area contributed by atoms with Crippen molar-refractivity contribution in [2.75, 3.05) is 13.2 Å². The number of carbonyl (C=O) groups excluding carboxylic acids is 2. The molecular formula is C65H121NO5. The summed E-state index contributed by atoms with van der Waals surface area (Å²) in [7, 11) is 0. The normalized spacial score (nSPS) is 12.9. The van der Waals surface area contributed by atoms with Crippen molar-refractivity contribution in [2.24, 2.45) is 0 Å². The first-order valence-electron chi connectivity index (χ1n) is 31.4. The number of carbonyl (C=O) groups is 2.